The van der Waals surface area contributed by atoms with Crippen molar-refractivity contribution in [2.45, 2.75) is 315 Å². The van der Waals surface area contributed by atoms with Crippen LogP contribution in [0, 0.1) is 0 Å². The molecule has 6 nitrogen and oxygen atoms in total. The molecule has 0 radical (unpaired) electrons. The number of hydrogen-bond acceptors (Lipinski definition) is 5. The number of aliphatic hydroxyl groups is 2. The molecule has 2 unspecified atom stereocenters. The third-order valence-corrected chi connectivity index (χ3v) is 13.2. The minimum absolute atomic E-state index is 0.00899. The van der Waals surface area contributed by atoms with E-state index in [0.29, 0.717) is 19.4 Å². The van der Waals surface area contributed by atoms with Crippen molar-refractivity contribution in [2.24, 2.45) is 0 Å². The highest BCUT2D eigenvalue weighted by Gasteiger charge is 2.18. The van der Waals surface area contributed by atoms with Crippen molar-refractivity contribution in [3.05, 3.63) is 36.5 Å². The van der Waals surface area contributed by atoms with Gasteiger partial charge in [-0.25, -0.2) is 0 Å². The smallest absolute Gasteiger partial charge is 0.305 e. The predicted octanol–water partition coefficient (Wildman–Crippen LogP) is 17.6. The van der Waals surface area contributed by atoms with Gasteiger partial charge in [0.15, 0.2) is 0 Å². The van der Waals surface area contributed by atoms with Gasteiger partial charge in [0, 0.05) is 12.8 Å². The lowest BCUT2D eigenvalue weighted by Gasteiger charge is -2.20. The van der Waals surface area contributed by atoms with Crippen molar-refractivity contribution in [1.29, 1.82) is 0 Å². The second-order valence-corrected chi connectivity index (χ2v) is 19.6. The zero-order chi connectivity index (χ0) is 47.2. The molecule has 382 valence electrons. The fourth-order valence-electron chi connectivity index (χ4n) is 8.72. The summed E-state index contributed by atoms with van der Waals surface area (Å²) in [5.41, 5.74) is 0. The van der Waals surface area contributed by atoms with Crippen LogP contribution in [0.5, 0.6) is 0 Å². The molecule has 0 spiro atoms. The summed E-state index contributed by atoms with van der Waals surface area (Å²) in [6, 6.07) is -0.634. The first-order chi connectivity index (χ1) is 32.0. The first-order valence-electron chi connectivity index (χ1n) is 28.8. The molecule has 0 aliphatic carbocycles. The van der Waals surface area contributed by atoms with E-state index in [1.54, 1.807) is 6.08 Å². The fraction of sp³-hybridized carbons (Fsp3) is 0.864. The average molecular weight is 915 g/mol. The quantitative estimate of drug-likeness (QED) is 0.0321. The Kier molecular flexibility index (Phi) is 53.1. The van der Waals surface area contributed by atoms with Gasteiger partial charge in [0.1, 0.15) is 0 Å². The Bertz CT molecular complexity index is 1060. The average Bonchev–Trinajstić information content (AvgIpc) is 3.31. The third kappa shape index (κ3) is 51.3. The summed E-state index contributed by atoms with van der Waals surface area (Å²) in [4.78, 5) is 24.4. The predicted molar refractivity (Wildman–Crippen MR) is 283 cm³/mol. The molecule has 0 aromatic carbocycles. The highest BCUT2D eigenvalue weighted by atomic mass is 16.5. The first kappa shape index (κ1) is 63.1. The summed E-state index contributed by atoms with van der Waals surface area (Å²) in [5, 5.41) is 22.9. The topological polar surface area (TPSA) is 95.9 Å². The van der Waals surface area contributed by atoms with Crippen LogP contribution in [0.1, 0.15) is 303 Å². The van der Waals surface area contributed by atoms with E-state index in [0.717, 1.165) is 57.8 Å². The Morgan fingerprint density at radius 2 is 0.769 bits per heavy atom. The molecule has 0 bridgehead atoms. The Labute approximate surface area is 404 Å². The maximum atomic E-state index is 12.4. The molecule has 3 N–H and O–H groups in total. The number of carbonyl (C=O) groups is 2. The van der Waals surface area contributed by atoms with E-state index in [1.807, 2.05) is 6.08 Å². The van der Waals surface area contributed by atoms with Gasteiger partial charge >= 0.3 is 5.97 Å². The van der Waals surface area contributed by atoms with E-state index in [4.69, 9.17) is 4.74 Å². The molecule has 0 rings (SSSR count). The highest BCUT2D eigenvalue weighted by molar-refractivity contribution is 5.76. The maximum absolute atomic E-state index is 12.4. The molecule has 0 aromatic heterocycles. The second-order valence-electron chi connectivity index (χ2n) is 19.6. The van der Waals surface area contributed by atoms with Crippen LogP contribution in [0.4, 0.5) is 0 Å². The van der Waals surface area contributed by atoms with Crippen molar-refractivity contribution in [2.75, 3.05) is 13.2 Å². The zero-order valence-electron chi connectivity index (χ0n) is 43.5. The number of amides is 1. The minimum atomic E-state index is -0.849. The van der Waals surface area contributed by atoms with Crippen molar-refractivity contribution < 1.29 is 24.5 Å². The molecule has 65 heavy (non-hydrogen) atoms. The lowest BCUT2D eigenvalue weighted by molar-refractivity contribution is -0.143. The summed E-state index contributed by atoms with van der Waals surface area (Å²) in [6.45, 7) is 4.88. The van der Waals surface area contributed by atoms with Crippen molar-refractivity contribution in [3.63, 3.8) is 0 Å². The summed E-state index contributed by atoms with van der Waals surface area (Å²) in [7, 11) is 0. The number of carbonyl (C=O) groups excluding carboxylic acids is 2. The molecule has 0 aliphatic rings. The highest BCUT2D eigenvalue weighted by Crippen LogP contribution is 2.16. The normalized spacial score (nSPS) is 12.9. The van der Waals surface area contributed by atoms with Gasteiger partial charge in [0.05, 0.1) is 25.4 Å². The van der Waals surface area contributed by atoms with Gasteiger partial charge in [0.2, 0.25) is 5.91 Å². The van der Waals surface area contributed by atoms with E-state index in [1.165, 1.54) is 218 Å². The maximum Gasteiger partial charge on any atom is 0.305 e. The fourth-order valence-corrected chi connectivity index (χ4v) is 8.72. The number of esters is 1. The monoisotopic (exact) mass is 914 g/mol. The molecule has 2 atom stereocenters. The van der Waals surface area contributed by atoms with Gasteiger partial charge in [-0.1, -0.05) is 262 Å². The van der Waals surface area contributed by atoms with Crippen LogP contribution in [-0.2, 0) is 14.3 Å². The molecule has 0 aliphatic heterocycles. The van der Waals surface area contributed by atoms with Gasteiger partial charge in [-0.15, -0.1) is 0 Å². The van der Waals surface area contributed by atoms with Crippen LogP contribution in [0.2, 0.25) is 0 Å². The molecular formula is C59H111NO5. The summed E-state index contributed by atoms with van der Waals surface area (Å²) in [6.07, 6.45) is 67.5. The van der Waals surface area contributed by atoms with Gasteiger partial charge in [0.25, 0.3) is 0 Å². The van der Waals surface area contributed by atoms with E-state index in [2.05, 4.69) is 43.5 Å². The molecular weight excluding hydrogens is 803 g/mol. The number of nitrogens with one attached hydrogen (secondary N) is 1. The minimum Gasteiger partial charge on any atom is -0.466 e. The SMILES string of the molecule is CCCCCCCCCC/C=C/C(O)C(CO)NC(=O)CCCCCCCCC/C=C\C/C=C\CCCCCCCCCCCOC(=O)CCCCCCCCCCCCCCCCC. The van der Waals surface area contributed by atoms with Crippen molar-refractivity contribution in [1.82, 2.24) is 5.32 Å². The number of allylic oxidation sites excluding steroid dienone is 5. The molecule has 6 heteroatoms. The van der Waals surface area contributed by atoms with E-state index in [9.17, 15) is 19.8 Å². The van der Waals surface area contributed by atoms with Crippen LogP contribution >= 0.6 is 0 Å². The Hall–Kier alpha value is -1.92. The van der Waals surface area contributed by atoms with Gasteiger partial charge in [-0.2, -0.15) is 0 Å². The third-order valence-electron chi connectivity index (χ3n) is 13.2. The number of rotatable bonds is 53. The molecule has 0 aromatic rings. The molecule has 0 saturated heterocycles. The van der Waals surface area contributed by atoms with Crippen LogP contribution in [0.15, 0.2) is 36.5 Å². The van der Waals surface area contributed by atoms with E-state index in [-0.39, 0.29) is 18.5 Å². The van der Waals surface area contributed by atoms with Crippen LogP contribution in [0.3, 0.4) is 0 Å². The second kappa shape index (κ2) is 54.7. The van der Waals surface area contributed by atoms with Crippen molar-refractivity contribution >= 4 is 11.9 Å². The van der Waals surface area contributed by atoms with Crippen molar-refractivity contribution in [3.8, 4) is 0 Å². The lowest BCUT2D eigenvalue weighted by Crippen LogP contribution is -2.45. The standard InChI is InChI=1S/C59H111NO5/c1-3-5-7-9-11-13-15-16-26-30-33-37-41-45-49-53-59(64)65-54-50-46-42-38-34-31-28-25-23-21-19-17-18-20-22-24-27-29-32-36-40-44-48-52-58(63)60-56(55-61)57(62)51-47-43-39-35-14-12-10-8-6-4-2/h17,19-20,22,47,51,56-57,61-62H,3-16,18,21,23-46,48-50,52-55H2,1-2H3,(H,60,63)/b19-17-,22-20-,51-47+. The summed E-state index contributed by atoms with van der Waals surface area (Å²) < 4.78 is 5.48. The summed E-state index contributed by atoms with van der Waals surface area (Å²) in [5.74, 6) is -0.0715. The molecule has 0 saturated carbocycles. The first-order valence-corrected chi connectivity index (χ1v) is 28.8. The number of unbranched alkanes of at least 4 members (excludes halogenated alkanes) is 38. The number of ether oxygens (including phenoxy) is 1. The Balaban J connectivity index is 3.44. The number of hydrogen-bond donors (Lipinski definition) is 3. The molecule has 1 amide bonds. The molecule has 0 fully saturated rings. The van der Waals surface area contributed by atoms with Crippen LogP contribution < -0.4 is 5.32 Å². The largest absolute Gasteiger partial charge is 0.466 e. The van der Waals surface area contributed by atoms with E-state index < -0.39 is 12.1 Å². The Morgan fingerprint density at radius 3 is 1.17 bits per heavy atom. The van der Waals surface area contributed by atoms with Crippen LogP contribution in [0.25, 0.3) is 0 Å². The summed E-state index contributed by atoms with van der Waals surface area (Å²) >= 11 is 0. The Morgan fingerprint density at radius 1 is 0.431 bits per heavy atom. The number of aliphatic hydroxyl groups excluding tert-OH is 2. The van der Waals surface area contributed by atoms with E-state index >= 15 is 0 Å². The van der Waals surface area contributed by atoms with Gasteiger partial charge in [-0.3, -0.25) is 9.59 Å². The zero-order valence-corrected chi connectivity index (χ0v) is 43.5. The van der Waals surface area contributed by atoms with Crippen LogP contribution in [-0.4, -0.2) is 47.4 Å². The molecule has 0 heterocycles. The lowest BCUT2D eigenvalue weighted by atomic mass is 10.0. The van der Waals surface area contributed by atoms with Gasteiger partial charge < -0.3 is 20.3 Å². The van der Waals surface area contributed by atoms with Gasteiger partial charge in [-0.05, 0) is 64.2 Å².